The largest absolute Gasteiger partial charge is 0.502 e. The van der Waals surface area contributed by atoms with Crippen LogP contribution in [0.2, 0.25) is 0 Å². The van der Waals surface area contributed by atoms with E-state index in [1.165, 1.54) is 27.4 Å². The van der Waals surface area contributed by atoms with E-state index in [9.17, 15) is 15.0 Å². The molecule has 2 aromatic rings. The molecule has 0 aliphatic carbocycles. The summed E-state index contributed by atoms with van der Waals surface area (Å²) in [6.45, 7) is -0.173. The highest BCUT2D eigenvalue weighted by molar-refractivity contribution is 5.75. The molecule has 0 radical (unpaired) electrons. The molecule has 1 aliphatic heterocycles. The minimum Gasteiger partial charge on any atom is -0.502 e. The zero-order valence-electron chi connectivity index (χ0n) is 15.8. The van der Waals surface area contributed by atoms with E-state index in [-0.39, 0.29) is 29.8 Å². The monoisotopic (exact) mass is 386 g/mol. The third-order valence-electron chi connectivity index (χ3n) is 4.73. The maximum atomic E-state index is 10.6. The van der Waals surface area contributed by atoms with Crippen LogP contribution >= 0.6 is 0 Å². The van der Waals surface area contributed by atoms with Crippen molar-refractivity contribution in [3.8, 4) is 28.7 Å². The molecule has 28 heavy (non-hydrogen) atoms. The van der Waals surface area contributed by atoms with Gasteiger partial charge in [0.2, 0.25) is 5.75 Å². The van der Waals surface area contributed by atoms with Crippen LogP contribution in [0.3, 0.4) is 0 Å². The van der Waals surface area contributed by atoms with Gasteiger partial charge >= 0.3 is 0 Å². The second-order valence-electron chi connectivity index (χ2n) is 6.24. The number of aliphatic hydroxyl groups excluding tert-OH is 1. The minimum absolute atomic E-state index is 0.108. The van der Waals surface area contributed by atoms with Crippen LogP contribution in [0.1, 0.15) is 28.7 Å². The van der Waals surface area contributed by atoms with E-state index < -0.39 is 6.10 Å². The van der Waals surface area contributed by atoms with Gasteiger partial charge in [-0.3, -0.25) is 4.79 Å². The number of aldehydes is 1. The Balaban J connectivity index is 2.10. The van der Waals surface area contributed by atoms with E-state index in [1.807, 2.05) is 6.07 Å². The Bertz CT molecular complexity index is 879. The molecule has 0 spiro atoms. The van der Waals surface area contributed by atoms with Gasteiger partial charge in [0.25, 0.3) is 0 Å². The van der Waals surface area contributed by atoms with Crippen LogP contribution < -0.4 is 18.9 Å². The average Bonchev–Trinajstić information content (AvgIpc) is 3.10. The number of phenolic OH excluding ortho intramolecular Hbond substituents is 1. The average molecular weight is 386 g/mol. The van der Waals surface area contributed by atoms with Crippen LogP contribution in [0.25, 0.3) is 6.08 Å². The molecule has 2 N–H and O–H groups in total. The Morgan fingerprint density at radius 2 is 1.68 bits per heavy atom. The number of hydrogen-bond acceptors (Lipinski definition) is 7. The smallest absolute Gasteiger partial charge is 0.200 e. The first-order chi connectivity index (χ1) is 13.6. The lowest BCUT2D eigenvalue weighted by atomic mass is 9.90. The molecule has 7 heteroatoms. The molecule has 2 atom stereocenters. The van der Waals surface area contributed by atoms with Crippen molar-refractivity contribution in [1.29, 1.82) is 0 Å². The van der Waals surface area contributed by atoms with Crippen molar-refractivity contribution < 1.29 is 34.0 Å². The molecule has 0 saturated carbocycles. The highest BCUT2D eigenvalue weighted by Gasteiger charge is 2.38. The van der Waals surface area contributed by atoms with E-state index in [0.717, 1.165) is 11.1 Å². The Kier molecular flexibility index (Phi) is 5.75. The number of aliphatic hydroxyl groups is 1. The number of ether oxygens (including phenoxy) is 4. The lowest BCUT2D eigenvalue weighted by Gasteiger charge is -2.20. The number of carbonyl (C=O) groups is 1. The number of benzene rings is 2. The quantitative estimate of drug-likeness (QED) is 0.558. The van der Waals surface area contributed by atoms with Gasteiger partial charge in [-0.25, -0.2) is 0 Å². The van der Waals surface area contributed by atoms with Crippen molar-refractivity contribution in [3.63, 3.8) is 0 Å². The lowest BCUT2D eigenvalue weighted by molar-refractivity contribution is -0.104. The summed E-state index contributed by atoms with van der Waals surface area (Å²) in [6.07, 6.45) is 3.20. The molecule has 0 fully saturated rings. The Hall–Kier alpha value is -3.19. The molecule has 7 nitrogen and oxygen atoms in total. The minimum atomic E-state index is -0.539. The lowest BCUT2D eigenvalue weighted by Crippen LogP contribution is -2.13. The third kappa shape index (κ3) is 3.36. The fourth-order valence-electron chi connectivity index (χ4n) is 3.39. The summed E-state index contributed by atoms with van der Waals surface area (Å²) in [7, 11) is 4.42. The van der Waals surface area contributed by atoms with E-state index >= 15 is 0 Å². The molecule has 1 heterocycles. The second kappa shape index (κ2) is 8.22. The third-order valence-corrected chi connectivity index (χ3v) is 4.73. The molecule has 0 amide bonds. The Morgan fingerprint density at radius 1 is 1.04 bits per heavy atom. The SMILES string of the molecule is COc1cc([C@@H]2Oc3c(OC)cc(C=CC=O)cc3[C@H]2CO)cc(OC)c1O. The van der Waals surface area contributed by atoms with Gasteiger partial charge < -0.3 is 29.2 Å². The first-order valence-electron chi connectivity index (χ1n) is 8.64. The summed E-state index contributed by atoms with van der Waals surface area (Å²) in [5.74, 6) is 1.03. The van der Waals surface area contributed by atoms with Crippen molar-refractivity contribution >= 4 is 12.4 Å². The summed E-state index contributed by atoms with van der Waals surface area (Å²) in [5.41, 5.74) is 2.20. The molecule has 1 aliphatic rings. The second-order valence-corrected chi connectivity index (χ2v) is 6.24. The van der Waals surface area contributed by atoms with Gasteiger partial charge in [0.1, 0.15) is 12.4 Å². The van der Waals surface area contributed by atoms with Crippen LogP contribution in [0.4, 0.5) is 0 Å². The van der Waals surface area contributed by atoms with Gasteiger partial charge in [0, 0.05) is 11.1 Å². The van der Waals surface area contributed by atoms with Gasteiger partial charge in [-0.2, -0.15) is 0 Å². The predicted molar refractivity (Wildman–Crippen MR) is 102 cm³/mol. The molecule has 0 unspecified atom stereocenters. The predicted octanol–water partition coefficient (Wildman–Crippen LogP) is 2.84. The summed E-state index contributed by atoms with van der Waals surface area (Å²) in [4.78, 5) is 10.6. The molecule has 0 saturated heterocycles. The zero-order valence-corrected chi connectivity index (χ0v) is 15.8. The summed E-state index contributed by atoms with van der Waals surface area (Å²) >= 11 is 0. The summed E-state index contributed by atoms with van der Waals surface area (Å²) in [6, 6.07) is 6.91. The molecular formula is C21H22O7. The zero-order chi connectivity index (χ0) is 20.3. The highest BCUT2D eigenvalue weighted by Crippen LogP contribution is 2.52. The standard InChI is InChI=1S/C21H22O7/c1-25-16-9-13(10-17(26-2)19(16)24)20-15(11-23)14-7-12(5-4-6-22)8-18(27-3)21(14)28-20/h4-10,15,20,23-24H,11H2,1-3H3/t15-,20+/m1/s1. The van der Waals surface area contributed by atoms with Gasteiger partial charge in [-0.15, -0.1) is 0 Å². The number of methoxy groups -OCH3 is 3. The van der Waals surface area contributed by atoms with Crippen molar-refractivity contribution in [2.45, 2.75) is 12.0 Å². The number of allylic oxidation sites excluding steroid dienone is 1. The van der Waals surface area contributed by atoms with Crippen LogP contribution in [0, 0.1) is 0 Å². The normalized spacial score (nSPS) is 17.9. The molecule has 3 rings (SSSR count). The van der Waals surface area contributed by atoms with Crippen LogP contribution in [-0.2, 0) is 4.79 Å². The van der Waals surface area contributed by atoms with Crippen molar-refractivity contribution in [2.24, 2.45) is 0 Å². The van der Waals surface area contributed by atoms with Gasteiger partial charge in [0.15, 0.2) is 23.0 Å². The Labute approximate surface area is 162 Å². The fraction of sp³-hybridized carbons (Fsp3) is 0.286. The van der Waals surface area contributed by atoms with Gasteiger partial charge in [0.05, 0.1) is 33.9 Å². The van der Waals surface area contributed by atoms with Crippen molar-refractivity contribution in [3.05, 3.63) is 47.0 Å². The Morgan fingerprint density at radius 3 is 2.21 bits per heavy atom. The van der Waals surface area contributed by atoms with Crippen molar-refractivity contribution in [1.82, 2.24) is 0 Å². The van der Waals surface area contributed by atoms with Gasteiger partial charge in [-0.1, -0.05) is 6.08 Å². The topological polar surface area (TPSA) is 94.5 Å². The van der Waals surface area contributed by atoms with E-state index in [4.69, 9.17) is 18.9 Å². The highest BCUT2D eigenvalue weighted by atomic mass is 16.5. The fourth-order valence-corrected chi connectivity index (χ4v) is 3.39. The molecule has 0 aromatic heterocycles. The molecular weight excluding hydrogens is 364 g/mol. The molecule has 0 bridgehead atoms. The van der Waals surface area contributed by atoms with E-state index in [0.29, 0.717) is 23.3 Å². The van der Waals surface area contributed by atoms with Crippen LogP contribution in [-0.4, -0.2) is 44.4 Å². The van der Waals surface area contributed by atoms with Crippen LogP contribution in [0.5, 0.6) is 28.7 Å². The first kappa shape index (κ1) is 19.6. The first-order valence-corrected chi connectivity index (χ1v) is 8.64. The number of fused-ring (bicyclic) bond motifs is 1. The summed E-state index contributed by atoms with van der Waals surface area (Å²) in [5, 5.41) is 20.2. The number of carbonyl (C=O) groups excluding carboxylic acids is 1. The summed E-state index contributed by atoms with van der Waals surface area (Å²) < 4.78 is 22.0. The number of phenols is 1. The van der Waals surface area contributed by atoms with E-state index in [1.54, 1.807) is 24.3 Å². The maximum Gasteiger partial charge on any atom is 0.200 e. The molecule has 148 valence electrons. The number of aromatic hydroxyl groups is 1. The number of rotatable bonds is 7. The maximum absolute atomic E-state index is 10.6. The van der Waals surface area contributed by atoms with Crippen LogP contribution in [0.15, 0.2) is 30.3 Å². The van der Waals surface area contributed by atoms with Crippen molar-refractivity contribution in [2.75, 3.05) is 27.9 Å². The van der Waals surface area contributed by atoms with Gasteiger partial charge in [-0.05, 0) is 35.9 Å². The van der Waals surface area contributed by atoms with E-state index in [2.05, 4.69) is 0 Å². The molecule has 2 aromatic carbocycles. The number of hydrogen-bond donors (Lipinski definition) is 2.